The van der Waals surface area contributed by atoms with Crippen molar-refractivity contribution in [2.24, 2.45) is 0 Å². The Bertz CT molecular complexity index is 805. The van der Waals surface area contributed by atoms with Crippen LogP contribution in [0.1, 0.15) is 16.1 Å². The number of aldehydes is 1. The monoisotopic (exact) mass is 418 g/mol. The molecule has 0 bridgehead atoms. The molecular weight excluding hydrogens is 400 g/mol. The molecule has 2 aromatic heterocycles. The number of pyridine rings is 1. The molecule has 1 N–H and O–H groups in total. The molecular formula is C18H19BrN4OS. The molecule has 2 heterocycles. The van der Waals surface area contributed by atoms with E-state index in [4.69, 9.17) is 0 Å². The summed E-state index contributed by atoms with van der Waals surface area (Å²) in [5.41, 5.74) is 1.74. The number of carbonyl (C=O) groups excluding carboxylic acids is 1. The normalized spacial score (nSPS) is 10.0. The van der Waals surface area contributed by atoms with Gasteiger partial charge in [0.15, 0.2) is 12.1 Å². The number of nitrogens with one attached hydrogen (secondary N) is 1. The van der Waals surface area contributed by atoms with E-state index in [1.165, 1.54) is 10.5 Å². The molecule has 0 atom stereocenters. The molecule has 25 heavy (non-hydrogen) atoms. The Morgan fingerprint density at radius 2 is 2.00 bits per heavy atom. The summed E-state index contributed by atoms with van der Waals surface area (Å²) in [6.45, 7) is 0.953. The van der Waals surface area contributed by atoms with E-state index in [0.29, 0.717) is 17.8 Å². The van der Waals surface area contributed by atoms with E-state index in [0.717, 1.165) is 11.0 Å². The first-order valence-electron chi connectivity index (χ1n) is 7.56. The van der Waals surface area contributed by atoms with Gasteiger partial charge in [-0.3, -0.25) is 4.79 Å². The number of benzene rings is 1. The number of carbonyl (C=O) groups is 1. The van der Waals surface area contributed by atoms with Crippen molar-refractivity contribution in [2.45, 2.75) is 11.4 Å². The Hall–Kier alpha value is -1.96. The number of aromatic nitrogens is 3. The van der Waals surface area contributed by atoms with E-state index in [1.54, 1.807) is 47.0 Å². The number of thioether (sulfide) groups is 1. The SMILES string of the molecule is CNCc1ccc(SC)cc1.O=Cc1cccc(-n2cc(Br)cn2)n1. The van der Waals surface area contributed by atoms with Crippen molar-refractivity contribution in [3.05, 3.63) is 70.6 Å². The minimum Gasteiger partial charge on any atom is -0.316 e. The van der Waals surface area contributed by atoms with Crippen LogP contribution in [0.25, 0.3) is 5.82 Å². The van der Waals surface area contributed by atoms with Gasteiger partial charge in [-0.25, -0.2) is 9.67 Å². The molecule has 0 aliphatic carbocycles. The fraction of sp³-hybridized carbons (Fsp3) is 0.167. The third kappa shape index (κ3) is 6.12. The van der Waals surface area contributed by atoms with Crippen LogP contribution in [-0.4, -0.2) is 34.4 Å². The van der Waals surface area contributed by atoms with Gasteiger partial charge in [-0.1, -0.05) is 18.2 Å². The van der Waals surface area contributed by atoms with Crippen LogP contribution in [0.2, 0.25) is 0 Å². The number of rotatable bonds is 5. The highest BCUT2D eigenvalue weighted by molar-refractivity contribution is 9.10. The quantitative estimate of drug-likeness (QED) is 0.501. The van der Waals surface area contributed by atoms with Gasteiger partial charge in [0.05, 0.1) is 10.7 Å². The maximum Gasteiger partial charge on any atom is 0.168 e. The molecule has 0 radical (unpaired) electrons. The van der Waals surface area contributed by atoms with E-state index in [9.17, 15) is 4.79 Å². The Morgan fingerprint density at radius 3 is 2.56 bits per heavy atom. The van der Waals surface area contributed by atoms with E-state index in [2.05, 4.69) is 61.9 Å². The minimum atomic E-state index is 0.397. The van der Waals surface area contributed by atoms with Crippen molar-refractivity contribution in [2.75, 3.05) is 13.3 Å². The Balaban J connectivity index is 0.000000186. The summed E-state index contributed by atoms with van der Waals surface area (Å²) in [5, 5.41) is 7.17. The lowest BCUT2D eigenvalue weighted by molar-refractivity contribution is 0.111. The molecule has 0 saturated heterocycles. The van der Waals surface area contributed by atoms with Gasteiger partial charge in [-0.2, -0.15) is 5.10 Å². The van der Waals surface area contributed by atoms with Crippen molar-refractivity contribution >= 4 is 34.0 Å². The number of nitrogens with zero attached hydrogens (tertiary/aromatic N) is 3. The topological polar surface area (TPSA) is 59.8 Å². The average Bonchev–Trinajstić information content (AvgIpc) is 3.10. The maximum atomic E-state index is 10.5. The summed E-state index contributed by atoms with van der Waals surface area (Å²) in [5.74, 6) is 0.625. The molecule has 0 aliphatic rings. The van der Waals surface area contributed by atoms with Crippen LogP contribution >= 0.6 is 27.7 Å². The zero-order chi connectivity index (χ0) is 18.1. The highest BCUT2D eigenvalue weighted by Gasteiger charge is 2.00. The summed E-state index contributed by atoms with van der Waals surface area (Å²) >= 11 is 5.06. The Morgan fingerprint density at radius 1 is 1.24 bits per heavy atom. The number of hydrogen-bond donors (Lipinski definition) is 1. The summed E-state index contributed by atoms with van der Waals surface area (Å²) in [6, 6.07) is 13.8. The average molecular weight is 419 g/mol. The summed E-state index contributed by atoms with van der Waals surface area (Å²) < 4.78 is 2.47. The largest absolute Gasteiger partial charge is 0.316 e. The molecule has 0 saturated carbocycles. The van der Waals surface area contributed by atoms with E-state index >= 15 is 0 Å². The van der Waals surface area contributed by atoms with Crippen molar-refractivity contribution in [1.82, 2.24) is 20.1 Å². The van der Waals surface area contributed by atoms with Crippen LogP contribution in [0.4, 0.5) is 0 Å². The van der Waals surface area contributed by atoms with Gasteiger partial charge in [0, 0.05) is 17.6 Å². The van der Waals surface area contributed by atoms with Gasteiger partial charge in [0.2, 0.25) is 0 Å². The lowest BCUT2D eigenvalue weighted by atomic mass is 10.2. The minimum absolute atomic E-state index is 0.397. The first kappa shape index (κ1) is 19.4. The predicted molar refractivity (Wildman–Crippen MR) is 105 cm³/mol. The second-order valence-corrected chi connectivity index (χ2v) is 6.82. The van der Waals surface area contributed by atoms with Crippen LogP contribution in [0, 0.1) is 0 Å². The standard InChI is InChI=1S/C9H6BrN3O.C9H13NS/c10-7-4-11-13(5-7)9-3-1-2-8(6-14)12-9;1-10-7-8-3-5-9(11-2)6-4-8/h1-6H;3-6,10H,7H2,1-2H3. The lowest BCUT2D eigenvalue weighted by Gasteiger charge is -2.00. The van der Waals surface area contributed by atoms with Crippen LogP contribution in [0.15, 0.2) is 64.2 Å². The lowest BCUT2D eigenvalue weighted by Crippen LogP contribution is -2.04. The second kappa shape index (κ2) is 10.1. The van der Waals surface area contributed by atoms with Crippen LogP contribution < -0.4 is 5.32 Å². The van der Waals surface area contributed by atoms with Gasteiger partial charge in [0.1, 0.15) is 5.69 Å². The Kier molecular flexibility index (Phi) is 7.84. The molecule has 0 fully saturated rings. The molecule has 3 aromatic rings. The van der Waals surface area contributed by atoms with Gasteiger partial charge < -0.3 is 5.32 Å². The van der Waals surface area contributed by atoms with Gasteiger partial charge in [-0.05, 0) is 59.1 Å². The van der Waals surface area contributed by atoms with Gasteiger partial charge in [-0.15, -0.1) is 11.8 Å². The highest BCUT2D eigenvalue weighted by Crippen LogP contribution is 2.14. The first-order chi connectivity index (χ1) is 12.2. The molecule has 0 spiro atoms. The van der Waals surface area contributed by atoms with Crippen LogP contribution in [0.5, 0.6) is 0 Å². The maximum absolute atomic E-state index is 10.5. The molecule has 1 aromatic carbocycles. The Labute approximate surface area is 160 Å². The van der Waals surface area contributed by atoms with Crippen molar-refractivity contribution in [3.8, 4) is 5.82 Å². The fourth-order valence-electron chi connectivity index (χ4n) is 2.01. The molecule has 3 rings (SSSR count). The van der Waals surface area contributed by atoms with Crippen LogP contribution in [-0.2, 0) is 6.54 Å². The first-order valence-corrected chi connectivity index (χ1v) is 9.58. The molecule has 130 valence electrons. The van der Waals surface area contributed by atoms with Crippen LogP contribution in [0.3, 0.4) is 0 Å². The zero-order valence-electron chi connectivity index (χ0n) is 14.0. The summed E-state index contributed by atoms with van der Waals surface area (Å²) in [4.78, 5) is 15.9. The van der Waals surface area contributed by atoms with Gasteiger partial charge >= 0.3 is 0 Å². The predicted octanol–water partition coefficient (Wildman–Crippen LogP) is 3.97. The number of halogens is 1. The smallest absolute Gasteiger partial charge is 0.168 e. The second-order valence-electron chi connectivity index (χ2n) is 5.02. The summed E-state index contributed by atoms with van der Waals surface area (Å²) in [6.07, 6.45) is 6.24. The molecule has 0 aliphatic heterocycles. The van der Waals surface area contributed by atoms with Gasteiger partial charge in [0.25, 0.3) is 0 Å². The van der Waals surface area contributed by atoms with Crippen molar-refractivity contribution in [3.63, 3.8) is 0 Å². The van der Waals surface area contributed by atoms with Crippen molar-refractivity contribution < 1.29 is 4.79 Å². The zero-order valence-corrected chi connectivity index (χ0v) is 16.4. The van der Waals surface area contributed by atoms with Crippen molar-refractivity contribution in [1.29, 1.82) is 0 Å². The third-order valence-corrected chi connectivity index (χ3v) is 4.36. The number of hydrogen-bond acceptors (Lipinski definition) is 5. The van der Waals surface area contributed by atoms with E-state index in [1.807, 2.05) is 7.05 Å². The fourth-order valence-corrected chi connectivity index (χ4v) is 2.70. The molecule has 0 unspecified atom stereocenters. The third-order valence-electron chi connectivity index (χ3n) is 3.20. The highest BCUT2D eigenvalue weighted by atomic mass is 79.9. The van der Waals surface area contributed by atoms with E-state index < -0.39 is 0 Å². The molecule has 0 amide bonds. The molecule has 7 heteroatoms. The summed E-state index contributed by atoms with van der Waals surface area (Å²) in [7, 11) is 1.96. The molecule has 5 nitrogen and oxygen atoms in total. The van der Waals surface area contributed by atoms with E-state index in [-0.39, 0.29) is 0 Å².